The lowest BCUT2D eigenvalue weighted by molar-refractivity contribution is 0.193. The van der Waals surface area contributed by atoms with Crippen molar-refractivity contribution in [3.05, 3.63) is 58.9 Å². The second-order valence-corrected chi connectivity index (χ2v) is 7.95. The number of aryl methyl sites for hydroxylation is 1. The standard InChI is InChI=1S/C24H29F3O2/c1-3-4-13-28-22-12-10-19(23(26)24(22)27)18-8-6-17(7-9-18)15-29-21-11-5-16(2)14-20(21)25/h5,10-12,14,17-18H,3-4,6-9,13,15H2,1-2H3. The number of hydrogen-bond acceptors (Lipinski definition) is 2. The minimum atomic E-state index is -0.890. The van der Waals surface area contributed by atoms with Crippen molar-refractivity contribution in [3.63, 3.8) is 0 Å². The third kappa shape index (κ3) is 5.46. The summed E-state index contributed by atoms with van der Waals surface area (Å²) in [5.41, 5.74) is 1.28. The zero-order valence-electron chi connectivity index (χ0n) is 17.1. The van der Waals surface area contributed by atoms with Gasteiger partial charge in [-0.25, -0.2) is 8.78 Å². The van der Waals surface area contributed by atoms with Crippen LogP contribution < -0.4 is 9.47 Å². The highest BCUT2D eigenvalue weighted by molar-refractivity contribution is 5.33. The highest BCUT2D eigenvalue weighted by Gasteiger charge is 2.27. The van der Waals surface area contributed by atoms with Crippen LogP contribution in [0.4, 0.5) is 13.2 Å². The molecule has 1 aliphatic carbocycles. The Morgan fingerprint density at radius 2 is 1.62 bits per heavy atom. The summed E-state index contributed by atoms with van der Waals surface area (Å²) in [7, 11) is 0. The molecule has 2 aromatic carbocycles. The summed E-state index contributed by atoms with van der Waals surface area (Å²) in [6.45, 7) is 4.68. The molecule has 1 fully saturated rings. The van der Waals surface area contributed by atoms with E-state index in [9.17, 15) is 13.2 Å². The summed E-state index contributed by atoms with van der Waals surface area (Å²) in [6.07, 6.45) is 4.95. The summed E-state index contributed by atoms with van der Waals surface area (Å²) in [5, 5.41) is 0. The highest BCUT2D eigenvalue weighted by Crippen LogP contribution is 2.39. The van der Waals surface area contributed by atoms with Gasteiger partial charge in [-0.15, -0.1) is 0 Å². The largest absolute Gasteiger partial charge is 0.490 e. The van der Waals surface area contributed by atoms with Crippen molar-refractivity contribution in [1.29, 1.82) is 0 Å². The predicted molar refractivity (Wildman–Crippen MR) is 108 cm³/mol. The van der Waals surface area contributed by atoms with Gasteiger partial charge in [-0.2, -0.15) is 4.39 Å². The van der Waals surface area contributed by atoms with Gasteiger partial charge in [0.1, 0.15) is 0 Å². The molecule has 0 atom stereocenters. The molecule has 0 aromatic heterocycles. The minimum Gasteiger partial charge on any atom is -0.490 e. The lowest BCUT2D eigenvalue weighted by Gasteiger charge is -2.29. The summed E-state index contributed by atoms with van der Waals surface area (Å²) < 4.78 is 53.8. The first-order chi connectivity index (χ1) is 14.0. The van der Waals surface area contributed by atoms with Crippen LogP contribution in [0.15, 0.2) is 30.3 Å². The Hall–Kier alpha value is -2.17. The van der Waals surface area contributed by atoms with E-state index in [1.165, 1.54) is 6.07 Å². The topological polar surface area (TPSA) is 18.5 Å². The van der Waals surface area contributed by atoms with E-state index in [0.29, 0.717) is 18.8 Å². The fraction of sp³-hybridized carbons (Fsp3) is 0.500. The minimum absolute atomic E-state index is 0.0121. The third-order valence-electron chi connectivity index (χ3n) is 5.68. The Kier molecular flexibility index (Phi) is 7.45. The quantitative estimate of drug-likeness (QED) is 0.442. The predicted octanol–water partition coefficient (Wildman–Crippen LogP) is 6.94. The Balaban J connectivity index is 1.54. The van der Waals surface area contributed by atoms with E-state index in [0.717, 1.165) is 44.1 Å². The van der Waals surface area contributed by atoms with Crippen LogP contribution in [0.25, 0.3) is 0 Å². The van der Waals surface area contributed by atoms with Gasteiger partial charge < -0.3 is 9.47 Å². The van der Waals surface area contributed by atoms with Gasteiger partial charge in [-0.05, 0) is 80.2 Å². The van der Waals surface area contributed by atoms with Crippen LogP contribution in [0, 0.1) is 30.3 Å². The van der Waals surface area contributed by atoms with Gasteiger partial charge in [-0.3, -0.25) is 0 Å². The van der Waals surface area contributed by atoms with E-state index in [4.69, 9.17) is 9.47 Å². The van der Waals surface area contributed by atoms with Crippen LogP contribution in [0.3, 0.4) is 0 Å². The van der Waals surface area contributed by atoms with Gasteiger partial charge in [0, 0.05) is 0 Å². The molecule has 2 nitrogen and oxygen atoms in total. The Morgan fingerprint density at radius 3 is 2.31 bits per heavy atom. The van der Waals surface area contributed by atoms with Crippen LogP contribution in [0.5, 0.6) is 11.5 Å². The van der Waals surface area contributed by atoms with E-state index < -0.39 is 11.6 Å². The van der Waals surface area contributed by atoms with Crippen LogP contribution in [-0.4, -0.2) is 13.2 Å². The number of rotatable bonds is 8. The molecular formula is C24H29F3O2. The lowest BCUT2D eigenvalue weighted by atomic mass is 9.79. The first-order valence-electron chi connectivity index (χ1n) is 10.5. The van der Waals surface area contributed by atoms with Crippen molar-refractivity contribution in [2.45, 2.75) is 58.3 Å². The van der Waals surface area contributed by atoms with Crippen LogP contribution in [0.2, 0.25) is 0 Å². The van der Waals surface area contributed by atoms with Crippen molar-refractivity contribution in [2.75, 3.05) is 13.2 Å². The summed E-state index contributed by atoms with van der Waals surface area (Å²) in [5.74, 6) is -1.50. The van der Waals surface area contributed by atoms with Crippen molar-refractivity contribution < 1.29 is 22.6 Å². The van der Waals surface area contributed by atoms with Crippen LogP contribution in [-0.2, 0) is 0 Å². The van der Waals surface area contributed by atoms with E-state index in [1.807, 2.05) is 19.9 Å². The first kappa shape index (κ1) is 21.5. The smallest absolute Gasteiger partial charge is 0.200 e. The lowest BCUT2D eigenvalue weighted by Crippen LogP contribution is -2.20. The average Bonchev–Trinajstić information content (AvgIpc) is 2.71. The van der Waals surface area contributed by atoms with Gasteiger partial charge in [0.25, 0.3) is 0 Å². The molecular weight excluding hydrogens is 377 g/mol. The Morgan fingerprint density at radius 1 is 0.897 bits per heavy atom. The molecule has 1 saturated carbocycles. The molecule has 0 heterocycles. The third-order valence-corrected chi connectivity index (χ3v) is 5.68. The molecule has 0 bridgehead atoms. The highest BCUT2D eigenvalue weighted by atomic mass is 19.2. The van der Waals surface area contributed by atoms with E-state index >= 15 is 0 Å². The summed E-state index contributed by atoms with van der Waals surface area (Å²) >= 11 is 0. The van der Waals surface area contributed by atoms with Crippen molar-refractivity contribution in [1.82, 2.24) is 0 Å². The Labute approximate surface area is 171 Å². The van der Waals surface area contributed by atoms with Gasteiger partial charge >= 0.3 is 0 Å². The molecule has 5 heteroatoms. The fourth-order valence-corrected chi connectivity index (χ4v) is 3.87. The molecule has 0 amide bonds. The van der Waals surface area contributed by atoms with Crippen molar-refractivity contribution in [3.8, 4) is 11.5 Å². The monoisotopic (exact) mass is 406 g/mol. The Bertz CT molecular complexity index is 814. The van der Waals surface area contributed by atoms with Gasteiger partial charge in [0.2, 0.25) is 5.82 Å². The second kappa shape index (κ2) is 10.0. The molecule has 0 radical (unpaired) electrons. The summed E-state index contributed by atoms with van der Waals surface area (Å²) in [6, 6.07) is 8.13. The molecule has 3 rings (SSSR count). The van der Waals surface area contributed by atoms with Crippen molar-refractivity contribution in [2.24, 2.45) is 5.92 Å². The van der Waals surface area contributed by atoms with Gasteiger partial charge in [0.05, 0.1) is 13.2 Å². The van der Waals surface area contributed by atoms with Gasteiger partial charge in [-0.1, -0.05) is 25.5 Å². The SMILES string of the molecule is CCCCOc1ccc(C2CCC(COc3ccc(C)cc3F)CC2)c(F)c1F. The molecule has 158 valence electrons. The number of halogens is 3. The number of unbranched alkanes of at least 4 members (excludes halogenated alkanes) is 1. The van der Waals surface area contributed by atoms with Crippen molar-refractivity contribution >= 4 is 0 Å². The van der Waals surface area contributed by atoms with Gasteiger partial charge in [0.15, 0.2) is 23.1 Å². The summed E-state index contributed by atoms with van der Waals surface area (Å²) in [4.78, 5) is 0. The molecule has 29 heavy (non-hydrogen) atoms. The molecule has 0 N–H and O–H groups in total. The van der Waals surface area contributed by atoms with E-state index in [-0.39, 0.29) is 29.2 Å². The zero-order valence-corrected chi connectivity index (χ0v) is 17.1. The van der Waals surface area contributed by atoms with E-state index in [1.54, 1.807) is 18.2 Å². The molecule has 1 aliphatic rings. The van der Waals surface area contributed by atoms with Crippen LogP contribution in [0.1, 0.15) is 62.5 Å². The normalized spacial score (nSPS) is 19.2. The molecule has 0 spiro atoms. The number of benzene rings is 2. The average molecular weight is 406 g/mol. The fourth-order valence-electron chi connectivity index (χ4n) is 3.87. The second-order valence-electron chi connectivity index (χ2n) is 7.95. The number of hydrogen-bond donors (Lipinski definition) is 0. The maximum atomic E-state index is 14.6. The number of ether oxygens (including phenoxy) is 2. The van der Waals surface area contributed by atoms with E-state index in [2.05, 4.69) is 0 Å². The first-order valence-corrected chi connectivity index (χ1v) is 10.5. The maximum Gasteiger partial charge on any atom is 0.200 e. The maximum absolute atomic E-state index is 14.6. The molecule has 2 aromatic rings. The van der Waals surface area contributed by atoms with Crippen LogP contribution >= 0.6 is 0 Å². The molecule has 0 aliphatic heterocycles. The zero-order chi connectivity index (χ0) is 20.8. The molecule has 0 saturated heterocycles. The molecule has 0 unspecified atom stereocenters.